The van der Waals surface area contributed by atoms with Gasteiger partial charge in [-0.2, -0.15) is 0 Å². The molecule has 0 aromatic carbocycles. The van der Waals surface area contributed by atoms with Crippen molar-refractivity contribution in [2.45, 2.75) is 60.3 Å². The highest BCUT2D eigenvalue weighted by Gasteiger charge is 2.41. The molecule has 7 heteroatoms. The molecule has 0 saturated carbocycles. The lowest BCUT2D eigenvalue weighted by Crippen LogP contribution is -2.24. The molecule has 2 atom stereocenters. The van der Waals surface area contributed by atoms with Gasteiger partial charge >= 0.3 is 0 Å². The third-order valence-electron chi connectivity index (χ3n) is 8.96. The minimum Gasteiger partial charge on any atom is -0.550 e. The topological polar surface area (TPSA) is 109 Å². The van der Waals surface area contributed by atoms with Crippen molar-refractivity contribution in [1.29, 1.82) is 0 Å². The first-order valence-electron chi connectivity index (χ1n) is 13.9. The number of hydrogen-bond acceptors (Lipinski definition) is 7. The third kappa shape index (κ3) is 3.86. The molecule has 0 spiro atoms. The van der Waals surface area contributed by atoms with E-state index in [4.69, 9.17) is 15.0 Å². The first-order chi connectivity index (χ1) is 19.1. The number of carboxylic acids is 1. The van der Waals surface area contributed by atoms with Crippen molar-refractivity contribution in [1.82, 2.24) is 5.32 Å². The third-order valence-corrected chi connectivity index (χ3v) is 8.96. The number of carbonyl (C=O) groups excluding carboxylic acids is 1. The van der Waals surface area contributed by atoms with Gasteiger partial charge in [-0.1, -0.05) is 26.5 Å². The van der Waals surface area contributed by atoms with Crippen LogP contribution in [-0.4, -0.2) is 28.2 Å². The van der Waals surface area contributed by atoms with Crippen molar-refractivity contribution in [2.75, 3.05) is 0 Å². The van der Waals surface area contributed by atoms with Gasteiger partial charge in [0.1, 0.15) is 5.76 Å². The molecule has 40 heavy (non-hydrogen) atoms. The molecule has 0 unspecified atom stereocenters. The molecular formula is C33H33N4O3-. The number of nitrogens with zero attached hydrogens (tertiary/aromatic N) is 3. The highest BCUT2D eigenvalue weighted by molar-refractivity contribution is 6.21. The minimum atomic E-state index is -1.07. The maximum absolute atomic E-state index is 11.5. The summed E-state index contributed by atoms with van der Waals surface area (Å²) in [5, 5.41) is 26.2. The van der Waals surface area contributed by atoms with Gasteiger partial charge in [0, 0.05) is 52.3 Å². The predicted octanol–water partition coefficient (Wildman–Crippen LogP) is 5.37. The molecule has 1 fully saturated rings. The zero-order valence-electron chi connectivity index (χ0n) is 23.6. The highest BCUT2D eigenvalue weighted by atomic mass is 16.4. The van der Waals surface area contributed by atoms with Crippen LogP contribution < -0.4 is 10.4 Å². The number of aliphatic hydroxyl groups excluding tert-OH is 1. The van der Waals surface area contributed by atoms with E-state index in [1.807, 2.05) is 32.1 Å². The Hall–Kier alpha value is -4.26. The number of nitrogens with one attached hydrogen (secondary N) is 1. The molecule has 0 radical (unpaired) electrons. The second kappa shape index (κ2) is 9.44. The fourth-order valence-corrected chi connectivity index (χ4v) is 6.66. The van der Waals surface area contributed by atoms with Gasteiger partial charge in [-0.3, -0.25) is 0 Å². The van der Waals surface area contributed by atoms with E-state index in [9.17, 15) is 15.0 Å². The van der Waals surface area contributed by atoms with Gasteiger partial charge in [0.25, 0.3) is 0 Å². The molecule has 0 aromatic heterocycles. The van der Waals surface area contributed by atoms with Crippen LogP contribution in [0.2, 0.25) is 0 Å². The molecule has 0 aromatic rings. The highest BCUT2D eigenvalue weighted by Crippen LogP contribution is 2.46. The van der Waals surface area contributed by atoms with Crippen LogP contribution in [0.15, 0.2) is 119 Å². The molecule has 6 aliphatic rings. The summed E-state index contributed by atoms with van der Waals surface area (Å²) in [4.78, 5) is 26.5. The summed E-state index contributed by atoms with van der Waals surface area (Å²) in [6, 6.07) is 0. The summed E-state index contributed by atoms with van der Waals surface area (Å²) >= 11 is 0. The standard InChI is InChI=1S/C33H34N4O3/c1-7-19-15(3)23-12-25-17(5)21(9-10-30(39)40)32(36-25)22-11-29(38)31-18(6)26(37-33(22)31)14-28-20(8-2)16(4)24(35-28)13-27(19)34-23/h7,12-14,17,21,36,38H,1,8-11H2,2-6H3,(H,39,40)/p-1/t17-,21-/m0/s1. The Kier molecular flexibility index (Phi) is 6.13. The molecule has 1 saturated heterocycles. The molecule has 8 bridgehead atoms. The second-order valence-electron chi connectivity index (χ2n) is 11.1. The van der Waals surface area contributed by atoms with Gasteiger partial charge in [0.2, 0.25) is 0 Å². The van der Waals surface area contributed by atoms with Gasteiger partial charge in [-0.15, -0.1) is 0 Å². The molecule has 204 valence electrons. The number of fused-ring (bicyclic) bond motifs is 5. The van der Waals surface area contributed by atoms with E-state index < -0.39 is 5.97 Å². The zero-order valence-corrected chi connectivity index (χ0v) is 23.6. The summed E-state index contributed by atoms with van der Waals surface area (Å²) < 4.78 is 0. The lowest BCUT2D eigenvalue weighted by atomic mass is 9.86. The molecule has 7 nitrogen and oxygen atoms in total. The number of carbonyl (C=O) groups is 1. The number of hydrogen-bond donors (Lipinski definition) is 2. The normalized spacial score (nSPS) is 25.3. The summed E-state index contributed by atoms with van der Waals surface area (Å²) in [5.41, 5.74) is 13.7. The summed E-state index contributed by atoms with van der Waals surface area (Å²) in [7, 11) is 0. The zero-order chi connectivity index (χ0) is 28.5. The van der Waals surface area contributed by atoms with Crippen molar-refractivity contribution >= 4 is 23.1 Å². The van der Waals surface area contributed by atoms with Gasteiger partial charge < -0.3 is 20.3 Å². The fraction of sp³-hybridized carbons (Fsp3) is 0.333. The van der Waals surface area contributed by atoms with Crippen molar-refractivity contribution in [3.8, 4) is 0 Å². The van der Waals surface area contributed by atoms with Crippen LogP contribution in [0, 0.1) is 11.8 Å². The molecule has 0 amide bonds. The van der Waals surface area contributed by atoms with Crippen LogP contribution in [0.25, 0.3) is 0 Å². The van der Waals surface area contributed by atoms with Crippen LogP contribution in [-0.2, 0) is 4.79 Å². The summed E-state index contributed by atoms with van der Waals surface area (Å²) in [6.07, 6.45) is 9.51. The van der Waals surface area contributed by atoms with E-state index in [0.29, 0.717) is 18.6 Å². The Morgan fingerprint density at radius 1 is 1.10 bits per heavy atom. The monoisotopic (exact) mass is 533 g/mol. The average molecular weight is 534 g/mol. The average Bonchev–Trinajstić information content (AvgIpc) is 3.65. The van der Waals surface area contributed by atoms with E-state index in [0.717, 1.165) is 91.1 Å². The van der Waals surface area contributed by atoms with Crippen LogP contribution in [0.4, 0.5) is 0 Å². The lowest BCUT2D eigenvalue weighted by molar-refractivity contribution is -0.306. The van der Waals surface area contributed by atoms with Crippen LogP contribution in [0.1, 0.15) is 60.3 Å². The molecule has 5 aliphatic heterocycles. The van der Waals surface area contributed by atoms with Crippen molar-refractivity contribution < 1.29 is 15.0 Å². The molecule has 6 rings (SSSR count). The first kappa shape index (κ1) is 26.0. The maximum atomic E-state index is 11.5. The number of aliphatic hydroxyl groups is 1. The molecule has 5 heterocycles. The summed E-state index contributed by atoms with van der Waals surface area (Å²) in [5.74, 6) is -0.860. The first-order valence-corrected chi connectivity index (χ1v) is 13.9. The van der Waals surface area contributed by atoms with Gasteiger partial charge in [-0.25, -0.2) is 15.0 Å². The van der Waals surface area contributed by atoms with Crippen molar-refractivity contribution in [3.05, 3.63) is 104 Å². The Labute approximate surface area is 234 Å². The van der Waals surface area contributed by atoms with E-state index >= 15 is 0 Å². The van der Waals surface area contributed by atoms with Crippen LogP contribution in [0.5, 0.6) is 0 Å². The van der Waals surface area contributed by atoms with Gasteiger partial charge in [0.15, 0.2) is 0 Å². The SMILES string of the molecule is C=CC1=C(C)C2=NC1=CC1=NC(=CC3=C(C)C4=C(O)CC(=C5NC(=C2)[C@@H](C)[C@@H]5CCC(=O)[O-])C4=N3)C(CC)=C1C. The Bertz CT molecular complexity index is 1660. The number of carboxylic acid groups (broad SMARTS) is 1. The molecular weight excluding hydrogens is 500 g/mol. The van der Waals surface area contributed by atoms with E-state index in [1.165, 1.54) is 0 Å². The number of aliphatic carboxylic acids is 1. The Morgan fingerprint density at radius 2 is 1.82 bits per heavy atom. The van der Waals surface area contributed by atoms with Crippen molar-refractivity contribution in [2.24, 2.45) is 26.8 Å². The fourth-order valence-electron chi connectivity index (χ4n) is 6.66. The van der Waals surface area contributed by atoms with Gasteiger partial charge in [0.05, 0.1) is 34.2 Å². The van der Waals surface area contributed by atoms with Crippen molar-refractivity contribution in [3.63, 3.8) is 0 Å². The largest absolute Gasteiger partial charge is 0.550 e. The number of rotatable bonds is 5. The summed E-state index contributed by atoms with van der Waals surface area (Å²) in [6.45, 7) is 14.4. The Balaban J connectivity index is 1.62. The lowest BCUT2D eigenvalue weighted by Gasteiger charge is -2.18. The number of allylic oxidation sites excluding steroid dienone is 12. The van der Waals surface area contributed by atoms with Crippen LogP contribution >= 0.6 is 0 Å². The quantitative estimate of drug-likeness (QED) is 0.495. The van der Waals surface area contributed by atoms with E-state index in [1.54, 1.807) is 0 Å². The minimum absolute atomic E-state index is 0.00904. The smallest absolute Gasteiger partial charge is 0.106 e. The maximum Gasteiger partial charge on any atom is 0.106 e. The van der Waals surface area contributed by atoms with E-state index in [-0.39, 0.29) is 18.3 Å². The Morgan fingerprint density at radius 3 is 2.52 bits per heavy atom. The second-order valence-corrected chi connectivity index (χ2v) is 11.1. The van der Waals surface area contributed by atoms with E-state index in [2.05, 4.69) is 38.7 Å². The molecule has 1 aliphatic carbocycles. The van der Waals surface area contributed by atoms with Gasteiger partial charge in [-0.05, 0) is 80.6 Å². The molecule has 2 N–H and O–H groups in total. The number of aliphatic imine (C=N–C) groups is 3. The van der Waals surface area contributed by atoms with Crippen LogP contribution in [0.3, 0.4) is 0 Å². The predicted molar refractivity (Wildman–Crippen MR) is 156 cm³/mol.